The summed E-state index contributed by atoms with van der Waals surface area (Å²) in [5.74, 6) is 0.603. The molecule has 2 rings (SSSR count). The average molecular weight is 367 g/mol. The monoisotopic (exact) mass is 366 g/mol. The molecule has 0 saturated heterocycles. The summed E-state index contributed by atoms with van der Waals surface area (Å²) < 4.78 is 15.4. The molecule has 1 aliphatic rings. The fourth-order valence-electron chi connectivity index (χ4n) is 3.57. The van der Waals surface area contributed by atoms with Gasteiger partial charge in [-0.3, -0.25) is 0 Å². The number of hydrogen-bond donors (Lipinski definition) is 0. The Morgan fingerprint density at radius 3 is 2.33 bits per heavy atom. The number of benzene rings is 1. The second-order valence-corrected chi connectivity index (χ2v) is 7.41. The van der Waals surface area contributed by atoms with Crippen LogP contribution in [0.3, 0.4) is 0 Å². The molecule has 1 aromatic carbocycles. The molecule has 0 N–H and O–H groups in total. The molecule has 0 aliphatic heterocycles. The van der Waals surface area contributed by atoms with E-state index in [-0.39, 0.29) is 0 Å². The Labute approximate surface area is 163 Å². The molecule has 3 heteroatoms. The number of nitriles is 1. The van der Waals surface area contributed by atoms with Gasteiger partial charge in [0.2, 0.25) is 0 Å². The maximum absolute atomic E-state index is 15.4. The molecule has 0 amide bonds. The summed E-state index contributed by atoms with van der Waals surface area (Å²) in [6.07, 6.45) is 13.6. The van der Waals surface area contributed by atoms with E-state index >= 15 is 4.48 Å². The normalized spacial score (nSPS) is 14.6. The predicted molar refractivity (Wildman–Crippen MR) is 112 cm³/mol. The van der Waals surface area contributed by atoms with Crippen molar-refractivity contribution in [3.63, 3.8) is 0 Å². The second kappa shape index (κ2) is 10.7. The van der Waals surface area contributed by atoms with Crippen molar-refractivity contribution < 1.29 is 4.48 Å². The standard InChI is InChI=1S/C24H31FN2/c1-4-6-20(7-5-2)12-17-24(22-13-8-19(3)9-14-22)27(25)23-15-10-21(18-26)11-16-23/h8,10-11,13,15-17,20H,4-7,9,12,14H2,1-3H3/b24-17-. The maximum atomic E-state index is 15.4. The molecule has 0 fully saturated rings. The van der Waals surface area contributed by atoms with Crippen LogP contribution in [0.4, 0.5) is 10.2 Å². The molecule has 1 aromatic rings. The largest absolute Gasteiger partial charge is 0.192 e. The molecular weight excluding hydrogens is 335 g/mol. The van der Waals surface area contributed by atoms with Gasteiger partial charge < -0.3 is 0 Å². The van der Waals surface area contributed by atoms with Gasteiger partial charge in [-0.15, -0.1) is 0 Å². The van der Waals surface area contributed by atoms with Gasteiger partial charge in [0, 0.05) is 0 Å². The van der Waals surface area contributed by atoms with Crippen LogP contribution in [0.15, 0.2) is 59.3 Å². The summed E-state index contributed by atoms with van der Waals surface area (Å²) in [5, 5.41) is 9.76. The zero-order valence-corrected chi connectivity index (χ0v) is 16.8. The van der Waals surface area contributed by atoms with Crippen molar-refractivity contribution in [2.45, 2.75) is 65.7 Å². The summed E-state index contributed by atoms with van der Waals surface area (Å²) in [4.78, 5) is 0. The van der Waals surface area contributed by atoms with E-state index in [0.29, 0.717) is 22.9 Å². The summed E-state index contributed by atoms with van der Waals surface area (Å²) in [6.45, 7) is 6.54. The lowest BCUT2D eigenvalue weighted by molar-refractivity contribution is 0.438. The Kier molecular flexibility index (Phi) is 8.33. The van der Waals surface area contributed by atoms with Gasteiger partial charge >= 0.3 is 0 Å². The first-order chi connectivity index (χ1) is 13.1. The van der Waals surface area contributed by atoms with Crippen LogP contribution in [0, 0.1) is 17.2 Å². The third kappa shape index (κ3) is 6.10. The minimum atomic E-state index is 0.468. The van der Waals surface area contributed by atoms with Gasteiger partial charge in [-0.05, 0) is 61.9 Å². The average Bonchev–Trinajstić information content (AvgIpc) is 2.69. The van der Waals surface area contributed by atoms with Crippen LogP contribution < -0.4 is 5.12 Å². The molecule has 2 nitrogen and oxygen atoms in total. The predicted octanol–water partition coefficient (Wildman–Crippen LogP) is 7.41. The lowest BCUT2D eigenvalue weighted by atomic mass is 9.92. The zero-order chi connectivity index (χ0) is 19.6. The molecule has 0 saturated carbocycles. The Morgan fingerprint density at radius 2 is 1.81 bits per heavy atom. The highest BCUT2D eigenvalue weighted by molar-refractivity contribution is 5.56. The molecule has 1 aliphatic carbocycles. The van der Waals surface area contributed by atoms with E-state index < -0.39 is 0 Å². The van der Waals surface area contributed by atoms with E-state index in [4.69, 9.17) is 5.26 Å². The van der Waals surface area contributed by atoms with Crippen molar-refractivity contribution in [1.82, 2.24) is 0 Å². The summed E-state index contributed by atoms with van der Waals surface area (Å²) >= 11 is 0. The van der Waals surface area contributed by atoms with Crippen LogP contribution in [0.1, 0.15) is 71.3 Å². The molecule has 27 heavy (non-hydrogen) atoms. The first kappa shape index (κ1) is 21.0. The molecule has 0 radical (unpaired) electrons. The number of halogens is 1. The third-order valence-electron chi connectivity index (χ3n) is 5.16. The number of rotatable bonds is 9. The molecular formula is C24H31FN2. The van der Waals surface area contributed by atoms with E-state index in [9.17, 15) is 0 Å². The van der Waals surface area contributed by atoms with Crippen LogP contribution in [-0.4, -0.2) is 0 Å². The first-order valence-electron chi connectivity index (χ1n) is 10.1. The maximum Gasteiger partial charge on any atom is 0.0991 e. The Morgan fingerprint density at radius 1 is 1.15 bits per heavy atom. The Hall–Kier alpha value is -2.34. The van der Waals surface area contributed by atoms with Crippen molar-refractivity contribution in [3.8, 4) is 6.07 Å². The minimum absolute atomic E-state index is 0.468. The highest BCUT2D eigenvalue weighted by Crippen LogP contribution is 2.32. The van der Waals surface area contributed by atoms with Crippen molar-refractivity contribution in [2.75, 3.05) is 5.12 Å². The quantitative estimate of drug-likeness (QED) is 0.425. The van der Waals surface area contributed by atoms with E-state index in [1.165, 1.54) is 18.4 Å². The SMILES string of the molecule is CCCC(C/C=C(/C1=CC=C(C)CC1)N(F)c1ccc(C#N)cc1)CCC. The van der Waals surface area contributed by atoms with Gasteiger partial charge in [-0.1, -0.05) is 67.8 Å². The Bertz CT molecular complexity index is 729. The van der Waals surface area contributed by atoms with Crippen LogP contribution in [0.5, 0.6) is 0 Å². The summed E-state index contributed by atoms with van der Waals surface area (Å²) in [6, 6.07) is 8.76. The van der Waals surface area contributed by atoms with Crippen molar-refractivity contribution in [2.24, 2.45) is 5.92 Å². The number of nitrogens with zero attached hydrogens (tertiary/aromatic N) is 2. The number of allylic oxidation sites excluding steroid dienone is 5. The van der Waals surface area contributed by atoms with Gasteiger partial charge in [-0.25, -0.2) is 0 Å². The van der Waals surface area contributed by atoms with Gasteiger partial charge in [0.05, 0.1) is 23.0 Å². The van der Waals surface area contributed by atoms with E-state index in [1.807, 2.05) is 0 Å². The fraction of sp³-hybridized carbons (Fsp3) is 0.458. The highest BCUT2D eigenvalue weighted by Gasteiger charge is 2.18. The molecule has 0 heterocycles. The van der Waals surface area contributed by atoms with Crippen molar-refractivity contribution in [1.29, 1.82) is 5.26 Å². The van der Waals surface area contributed by atoms with Gasteiger partial charge in [0.15, 0.2) is 0 Å². The van der Waals surface area contributed by atoms with Gasteiger partial charge in [-0.2, -0.15) is 10.4 Å². The second-order valence-electron chi connectivity index (χ2n) is 7.41. The molecule has 0 bridgehead atoms. The third-order valence-corrected chi connectivity index (χ3v) is 5.16. The highest BCUT2D eigenvalue weighted by atomic mass is 19.2. The topological polar surface area (TPSA) is 27.0 Å². The summed E-state index contributed by atoms with van der Waals surface area (Å²) in [7, 11) is 0. The molecule has 0 atom stereocenters. The zero-order valence-electron chi connectivity index (χ0n) is 16.8. The van der Waals surface area contributed by atoms with Crippen LogP contribution in [0.2, 0.25) is 0 Å². The summed E-state index contributed by atoms with van der Waals surface area (Å²) in [5.41, 5.74) is 4.03. The van der Waals surface area contributed by atoms with Gasteiger partial charge in [0.1, 0.15) is 0 Å². The molecule has 0 unspecified atom stereocenters. The lowest BCUT2D eigenvalue weighted by Crippen LogP contribution is -2.15. The lowest BCUT2D eigenvalue weighted by Gasteiger charge is -2.23. The van der Waals surface area contributed by atoms with Gasteiger partial charge in [0.25, 0.3) is 0 Å². The smallest absolute Gasteiger partial charge is 0.0991 e. The minimum Gasteiger partial charge on any atom is -0.192 e. The van der Waals surface area contributed by atoms with Crippen molar-refractivity contribution in [3.05, 3.63) is 64.9 Å². The first-order valence-corrected chi connectivity index (χ1v) is 10.1. The fourth-order valence-corrected chi connectivity index (χ4v) is 3.57. The van der Waals surface area contributed by atoms with E-state index in [1.54, 1.807) is 24.3 Å². The van der Waals surface area contributed by atoms with E-state index in [2.05, 4.69) is 45.1 Å². The van der Waals surface area contributed by atoms with Crippen LogP contribution >= 0.6 is 0 Å². The molecule has 144 valence electrons. The van der Waals surface area contributed by atoms with Crippen LogP contribution in [0.25, 0.3) is 0 Å². The Balaban J connectivity index is 2.30. The molecule has 0 aromatic heterocycles. The van der Waals surface area contributed by atoms with Crippen molar-refractivity contribution >= 4 is 5.69 Å². The number of hydrogen-bond acceptors (Lipinski definition) is 2. The molecule has 0 spiro atoms. The number of anilines is 1. The van der Waals surface area contributed by atoms with Crippen LogP contribution in [-0.2, 0) is 0 Å². The van der Waals surface area contributed by atoms with E-state index in [0.717, 1.165) is 42.8 Å².